The van der Waals surface area contributed by atoms with Gasteiger partial charge in [-0.25, -0.2) is 0 Å². The normalized spacial score (nSPS) is 14.1. The highest BCUT2D eigenvalue weighted by atomic mass is 32.1. The molecule has 4 heteroatoms. The predicted molar refractivity (Wildman–Crippen MR) is 313 cm³/mol. The van der Waals surface area contributed by atoms with Crippen LogP contribution in [0.25, 0.3) is 73.4 Å². The highest BCUT2D eigenvalue weighted by Gasteiger charge is 2.43. The molecule has 2 aromatic heterocycles. The van der Waals surface area contributed by atoms with Crippen LogP contribution in [0.15, 0.2) is 182 Å². The molecule has 2 aliphatic rings. The average Bonchev–Trinajstić information content (AvgIpc) is 4.09. The van der Waals surface area contributed by atoms with E-state index in [1.165, 1.54) is 152 Å². The average molecular weight is 963 g/mol. The summed E-state index contributed by atoms with van der Waals surface area (Å²) in [6.07, 6.45) is 0. The minimum atomic E-state index is -0.277. The molecular weight excluding hydrogens is 909 g/mol. The van der Waals surface area contributed by atoms with Crippen LogP contribution in [0.2, 0.25) is 0 Å². The molecule has 0 aliphatic heterocycles. The van der Waals surface area contributed by atoms with Crippen molar-refractivity contribution in [1.29, 1.82) is 0 Å². The number of anilines is 6. The maximum atomic E-state index is 2.59. The molecule has 0 unspecified atom stereocenters. The lowest BCUT2D eigenvalue weighted by Crippen LogP contribution is -2.18. The van der Waals surface area contributed by atoms with Gasteiger partial charge in [0.15, 0.2) is 0 Å². The van der Waals surface area contributed by atoms with Gasteiger partial charge in [-0.15, -0.1) is 22.7 Å². The fourth-order valence-electron chi connectivity index (χ4n) is 12.7. The zero-order chi connectivity index (χ0) is 48.9. The predicted octanol–water partition coefficient (Wildman–Crippen LogP) is 20.4. The van der Waals surface area contributed by atoms with Crippen molar-refractivity contribution in [2.45, 2.75) is 66.2 Å². The minimum Gasteiger partial charge on any atom is -0.310 e. The van der Waals surface area contributed by atoms with E-state index in [0.717, 1.165) is 0 Å². The standard InChI is InChI=1S/C68H54N2S2/c1-39-27-29-41(3)57(33-39)69(55-21-15-25-62-65(55)47-19-11-13-23-60(47)71-62)43-31-32-44-49-36-53-50(37-52(49)67(5,6)51(44)35-43)64-46-18-10-9-17-45(46)59(38-54(64)68(53,7)8)70(58-34-40(2)28-30-42(58)4)56-22-16-26-63-66(56)48-20-12-14-24-61(48)72-63/h9-38H,1-8H3. The van der Waals surface area contributed by atoms with Crippen molar-refractivity contribution in [2.24, 2.45) is 0 Å². The van der Waals surface area contributed by atoms with Crippen molar-refractivity contribution in [3.8, 4) is 22.3 Å². The zero-order valence-electron chi connectivity index (χ0n) is 42.0. The van der Waals surface area contributed by atoms with E-state index in [0.29, 0.717) is 0 Å². The Morgan fingerprint density at radius 2 is 0.819 bits per heavy atom. The number of aryl methyl sites for hydroxylation is 4. The first-order valence-corrected chi connectivity index (χ1v) is 27.0. The summed E-state index contributed by atoms with van der Waals surface area (Å²) in [5.41, 5.74) is 22.6. The lowest BCUT2D eigenvalue weighted by Gasteiger charge is -2.31. The summed E-state index contributed by atoms with van der Waals surface area (Å²) in [5, 5.41) is 7.78. The second kappa shape index (κ2) is 15.5. The molecule has 14 rings (SSSR count). The Morgan fingerprint density at radius 1 is 0.333 bits per heavy atom. The van der Waals surface area contributed by atoms with Crippen LogP contribution in [0.4, 0.5) is 34.1 Å². The summed E-state index contributed by atoms with van der Waals surface area (Å²) < 4.78 is 5.24. The number of benzene rings is 10. The van der Waals surface area contributed by atoms with Crippen molar-refractivity contribution < 1.29 is 0 Å². The molecule has 0 saturated carbocycles. The Bertz CT molecular complexity index is 4290. The van der Waals surface area contributed by atoms with Crippen LogP contribution in [0.5, 0.6) is 0 Å². The molecular formula is C68H54N2S2. The fraction of sp³-hybridized carbons (Fsp3) is 0.147. The third kappa shape index (κ3) is 6.12. The number of thiophene rings is 2. The Balaban J connectivity index is 0.958. The third-order valence-corrected chi connectivity index (χ3v) is 18.7. The SMILES string of the molecule is Cc1ccc(C)c(N(c2ccc3c(c2)C(C)(C)c2cc4c(cc2-3)C(C)(C)c2cc(N(c3cc(C)ccc3C)c3cccc5sc6ccccc6c35)c3ccccc3c2-4)c2cccc3sc4ccccc4c23)c1. The highest BCUT2D eigenvalue weighted by molar-refractivity contribution is 7.26. The van der Waals surface area contributed by atoms with E-state index >= 15 is 0 Å². The first-order valence-electron chi connectivity index (χ1n) is 25.3. The number of hydrogen-bond donors (Lipinski definition) is 0. The van der Waals surface area contributed by atoms with Crippen LogP contribution in [0.1, 0.15) is 72.2 Å². The van der Waals surface area contributed by atoms with Gasteiger partial charge in [-0.3, -0.25) is 0 Å². The van der Waals surface area contributed by atoms with Crippen molar-refractivity contribution in [3.63, 3.8) is 0 Å². The van der Waals surface area contributed by atoms with Gasteiger partial charge in [-0.05, 0) is 179 Å². The number of fused-ring (bicyclic) bond motifs is 14. The van der Waals surface area contributed by atoms with Crippen LogP contribution >= 0.6 is 22.7 Å². The molecule has 0 saturated heterocycles. The van der Waals surface area contributed by atoms with Crippen molar-refractivity contribution in [1.82, 2.24) is 0 Å². The Kier molecular flexibility index (Phi) is 9.32. The van der Waals surface area contributed by atoms with Gasteiger partial charge in [0.2, 0.25) is 0 Å². The van der Waals surface area contributed by atoms with E-state index in [4.69, 9.17) is 0 Å². The van der Waals surface area contributed by atoms with Gasteiger partial charge in [0.25, 0.3) is 0 Å². The monoisotopic (exact) mass is 962 g/mol. The van der Waals surface area contributed by atoms with E-state index in [2.05, 4.69) is 247 Å². The smallest absolute Gasteiger partial charge is 0.0555 e. The van der Waals surface area contributed by atoms with Gasteiger partial charge in [-0.1, -0.05) is 131 Å². The maximum absolute atomic E-state index is 2.59. The number of rotatable bonds is 6. The summed E-state index contributed by atoms with van der Waals surface area (Å²) >= 11 is 3.77. The molecule has 2 heterocycles. The minimum absolute atomic E-state index is 0.256. The van der Waals surface area contributed by atoms with Gasteiger partial charge < -0.3 is 9.80 Å². The second-order valence-corrected chi connectivity index (χ2v) is 23.7. The third-order valence-electron chi connectivity index (χ3n) is 16.4. The molecule has 2 aliphatic carbocycles. The quantitative estimate of drug-likeness (QED) is 0.164. The highest BCUT2D eigenvalue weighted by Crippen LogP contribution is 2.60. The molecule has 2 nitrogen and oxygen atoms in total. The summed E-state index contributed by atoms with van der Waals surface area (Å²) in [6.45, 7) is 18.8. The molecule has 0 fully saturated rings. The molecule has 0 radical (unpaired) electrons. The first-order chi connectivity index (χ1) is 34.9. The number of nitrogens with zero attached hydrogens (tertiary/aromatic N) is 2. The molecule has 0 amide bonds. The van der Waals surface area contributed by atoms with E-state index in [1.54, 1.807) is 0 Å². The molecule has 0 N–H and O–H groups in total. The van der Waals surface area contributed by atoms with Crippen molar-refractivity contribution >= 4 is 108 Å². The lowest BCUT2D eigenvalue weighted by atomic mass is 9.79. The fourth-order valence-corrected chi connectivity index (χ4v) is 15.0. The lowest BCUT2D eigenvalue weighted by molar-refractivity contribution is 0.652. The summed E-state index contributed by atoms with van der Waals surface area (Å²) in [5.74, 6) is 0. The first kappa shape index (κ1) is 43.3. The Labute approximate surface area is 430 Å². The van der Waals surface area contributed by atoms with Gasteiger partial charge >= 0.3 is 0 Å². The van der Waals surface area contributed by atoms with Gasteiger partial charge in [0.05, 0.1) is 17.1 Å². The van der Waals surface area contributed by atoms with Crippen LogP contribution < -0.4 is 9.80 Å². The van der Waals surface area contributed by atoms with E-state index in [1.807, 2.05) is 22.7 Å². The summed E-state index contributed by atoms with van der Waals surface area (Å²) in [7, 11) is 0. The number of hydrogen-bond acceptors (Lipinski definition) is 4. The largest absolute Gasteiger partial charge is 0.310 e. The van der Waals surface area contributed by atoms with E-state index in [9.17, 15) is 0 Å². The van der Waals surface area contributed by atoms with Crippen LogP contribution in [-0.4, -0.2) is 0 Å². The molecule has 0 spiro atoms. The van der Waals surface area contributed by atoms with Crippen molar-refractivity contribution in [2.75, 3.05) is 9.80 Å². The Morgan fingerprint density at radius 3 is 1.44 bits per heavy atom. The maximum Gasteiger partial charge on any atom is 0.0555 e. The van der Waals surface area contributed by atoms with Gasteiger partial charge in [0.1, 0.15) is 0 Å². The van der Waals surface area contributed by atoms with Crippen molar-refractivity contribution in [3.05, 3.63) is 226 Å². The topological polar surface area (TPSA) is 6.48 Å². The van der Waals surface area contributed by atoms with Crippen LogP contribution in [-0.2, 0) is 10.8 Å². The van der Waals surface area contributed by atoms with E-state index in [-0.39, 0.29) is 10.8 Å². The molecule has 0 bridgehead atoms. The Hall–Kier alpha value is -7.50. The molecule has 10 aromatic carbocycles. The second-order valence-electron chi connectivity index (χ2n) is 21.5. The molecule has 72 heavy (non-hydrogen) atoms. The summed E-state index contributed by atoms with van der Waals surface area (Å²) in [4.78, 5) is 5.13. The summed E-state index contributed by atoms with van der Waals surface area (Å²) in [6, 6.07) is 69.5. The zero-order valence-corrected chi connectivity index (χ0v) is 43.7. The molecule has 348 valence electrons. The van der Waals surface area contributed by atoms with E-state index < -0.39 is 0 Å². The van der Waals surface area contributed by atoms with Gasteiger partial charge in [0, 0.05) is 73.6 Å². The van der Waals surface area contributed by atoms with Crippen LogP contribution in [0.3, 0.4) is 0 Å². The molecule has 12 aromatic rings. The van der Waals surface area contributed by atoms with Crippen LogP contribution in [0, 0.1) is 27.7 Å². The molecule has 0 atom stereocenters. The van der Waals surface area contributed by atoms with Gasteiger partial charge in [-0.2, -0.15) is 0 Å².